The van der Waals surface area contributed by atoms with E-state index in [1.807, 2.05) is 36.4 Å². The van der Waals surface area contributed by atoms with Crippen molar-refractivity contribution in [2.24, 2.45) is 0 Å². The summed E-state index contributed by atoms with van der Waals surface area (Å²) in [4.78, 5) is 27.6. The first kappa shape index (κ1) is 20.9. The highest BCUT2D eigenvalue weighted by atomic mass is 16.2. The van der Waals surface area contributed by atoms with Crippen LogP contribution in [0.25, 0.3) is 0 Å². The molecule has 2 N–H and O–H groups in total. The number of rotatable bonds is 5. The molecule has 0 saturated carbocycles. The molecule has 1 fully saturated rings. The van der Waals surface area contributed by atoms with Crippen LogP contribution in [-0.2, 0) is 4.79 Å². The zero-order valence-electron chi connectivity index (χ0n) is 17.7. The molecule has 0 bridgehead atoms. The highest BCUT2D eigenvalue weighted by Gasteiger charge is 2.34. The van der Waals surface area contributed by atoms with E-state index in [4.69, 9.17) is 0 Å². The third kappa shape index (κ3) is 4.78. The molecule has 0 unspecified atom stereocenters. The van der Waals surface area contributed by atoms with Crippen LogP contribution in [-0.4, -0.2) is 29.4 Å². The Morgan fingerprint density at radius 2 is 1.52 bits per heavy atom. The molecule has 3 rings (SSSR count). The van der Waals surface area contributed by atoms with Crippen molar-refractivity contribution in [2.75, 3.05) is 17.2 Å². The van der Waals surface area contributed by atoms with Crippen LogP contribution in [0.1, 0.15) is 63.5 Å². The van der Waals surface area contributed by atoms with Crippen LogP contribution in [0.4, 0.5) is 16.2 Å². The Kier molecular flexibility index (Phi) is 6.57. The molecule has 5 nitrogen and oxygen atoms in total. The van der Waals surface area contributed by atoms with Gasteiger partial charge in [-0.25, -0.2) is 4.79 Å². The normalized spacial score (nSPS) is 16.3. The van der Waals surface area contributed by atoms with Crippen LogP contribution >= 0.6 is 0 Å². The van der Waals surface area contributed by atoms with Crippen LogP contribution in [0.15, 0.2) is 48.5 Å². The number of hydrogen-bond acceptors (Lipinski definition) is 2. The van der Waals surface area contributed by atoms with Crippen molar-refractivity contribution in [1.29, 1.82) is 0 Å². The molecule has 1 atom stereocenters. The predicted octanol–water partition coefficient (Wildman–Crippen LogP) is 5.57. The first-order valence-corrected chi connectivity index (χ1v) is 10.4. The largest absolute Gasteiger partial charge is 0.324 e. The SMILES string of the molecule is CC(C)c1cccc(C(C)C)c1NC(=O)N1CCC[C@H]1C(=O)Nc1ccccc1. The van der Waals surface area contributed by atoms with Crippen LogP contribution in [0.2, 0.25) is 0 Å². The lowest BCUT2D eigenvalue weighted by Gasteiger charge is -2.27. The highest BCUT2D eigenvalue weighted by Crippen LogP contribution is 2.33. The second kappa shape index (κ2) is 9.12. The van der Waals surface area contributed by atoms with Gasteiger partial charge in [-0.3, -0.25) is 4.79 Å². The summed E-state index contributed by atoms with van der Waals surface area (Å²) < 4.78 is 0. The molecule has 0 aromatic heterocycles. The number of amides is 3. The van der Waals surface area contributed by atoms with Gasteiger partial charge in [0, 0.05) is 17.9 Å². The lowest BCUT2D eigenvalue weighted by Crippen LogP contribution is -2.45. The fraction of sp³-hybridized carbons (Fsp3) is 0.417. The molecule has 0 spiro atoms. The molecule has 2 aromatic rings. The summed E-state index contributed by atoms with van der Waals surface area (Å²) in [6, 6.07) is 14.9. The second-order valence-electron chi connectivity index (χ2n) is 8.26. The number of para-hydroxylation sites is 2. The number of carbonyl (C=O) groups excluding carboxylic acids is 2. The maximum absolute atomic E-state index is 13.2. The molecule has 1 saturated heterocycles. The molecule has 2 aromatic carbocycles. The summed E-state index contributed by atoms with van der Waals surface area (Å²) in [5, 5.41) is 6.07. The summed E-state index contributed by atoms with van der Waals surface area (Å²) in [6.45, 7) is 9.09. The molecule has 0 aliphatic carbocycles. The summed E-state index contributed by atoms with van der Waals surface area (Å²) in [7, 11) is 0. The maximum atomic E-state index is 13.2. The van der Waals surface area contributed by atoms with Crippen molar-refractivity contribution in [3.05, 3.63) is 59.7 Å². The topological polar surface area (TPSA) is 61.4 Å². The Balaban J connectivity index is 1.79. The summed E-state index contributed by atoms with van der Waals surface area (Å²) in [5.74, 6) is 0.449. The quantitative estimate of drug-likeness (QED) is 0.698. The smallest absolute Gasteiger partial charge is 0.322 e. The van der Waals surface area contributed by atoms with Gasteiger partial charge in [0.2, 0.25) is 5.91 Å². The average Bonchev–Trinajstić information content (AvgIpc) is 3.18. The van der Waals surface area contributed by atoms with Crippen molar-refractivity contribution < 1.29 is 9.59 Å². The number of urea groups is 1. The fourth-order valence-corrected chi connectivity index (χ4v) is 3.90. The Bertz CT molecular complexity index is 835. The van der Waals surface area contributed by atoms with Crippen LogP contribution < -0.4 is 10.6 Å². The first-order chi connectivity index (χ1) is 13.9. The summed E-state index contributed by atoms with van der Waals surface area (Å²) in [5.41, 5.74) is 3.87. The Morgan fingerprint density at radius 3 is 2.10 bits per heavy atom. The zero-order chi connectivity index (χ0) is 21.0. The molecule has 29 heavy (non-hydrogen) atoms. The third-order valence-corrected chi connectivity index (χ3v) is 5.46. The minimum absolute atomic E-state index is 0.134. The molecule has 154 valence electrons. The van der Waals surface area contributed by atoms with Gasteiger partial charge in [0.25, 0.3) is 0 Å². The number of hydrogen-bond donors (Lipinski definition) is 2. The van der Waals surface area contributed by atoms with Crippen molar-refractivity contribution >= 4 is 23.3 Å². The van der Waals surface area contributed by atoms with Gasteiger partial charge in [0.1, 0.15) is 6.04 Å². The lowest BCUT2D eigenvalue weighted by molar-refractivity contribution is -0.119. The summed E-state index contributed by atoms with van der Waals surface area (Å²) in [6.07, 6.45) is 1.50. The Morgan fingerprint density at radius 1 is 0.897 bits per heavy atom. The molecule has 1 aliphatic rings. The fourth-order valence-electron chi connectivity index (χ4n) is 3.90. The van der Waals surface area contributed by atoms with E-state index >= 15 is 0 Å². The number of benzene rings is 2. The van der Waals surface area contributed by atoms with E-state index in [1.165, 1.54) is 0 Å². The number of anilines is 2. The zero-order valence-corrected chi connectivity index (χ0v) is 17.7. The molecule has 1 aliphatic heterocycles. The standard InChI is InChI=1S/C24H31N3O2/c1-16(2)19-12-8-13-20(17(3)4)22(19)26-24(29)27-15-9-14-21(27)23(28)25-18-10-6-5-7-11-18/h5-8,10-13,16-17,21H,9,14-15H2,1-4H3,(H,25,28)(H,26,29)/t21-/m0/s1. The minimum atomic E-state index is -0.455. The van der Waals surface area contributed by atoms with Crippen LogP contribution in [0, 0.1) is 0 Å². The van der Waals surface area contributed by atoms with E-state index in [0.717, 1.165) is 28.9 Å². The van der Waals surface area contributed by atoms with E-state index in [1.54, 1.807) is 4.90 Å². The minimum Gasteiger partial charge on any atom is -0.324 e. The maximum Gasteiger partial charge on any atom is 0.322 e. The van der Waals surface area contributed by atoms with E-state index in [9.17, 15) is 9.59 Å². The average molecular weight is 394 g/mol. The monoisotopic (exact) mass is 393 g/mol. The van der Waals surface area contributed by atoms with Crippen molar-refractivity contribution in [1.82, 2.24) is 4.90 Å². The van der Waals surface area contributed by atoms with Crippen LogP contribution in [0.3, 0.4) is 0 Å². The number of likely N-dealkylation sites (tertiary alicyclic amines) is 1. The van der Waals surface area contributed by atoms with Crippen molar-refractivity contribution in [3.63, 3.8) is 0 Å². The van der Waals surface area contributed by atoms with E-state index in [2.05, 4.69) is 50.5 Å². The summed E-state index contributed by atoms with van der Waals surface area (Å²) >= 11 is 0. The highest BCUT2D eigenvalue weighted by molar-refractivity contribution is 6.00. The van der Waals surface area contributed by atoms with Gasteiger partial charge in [-0.05, 0) is 47.9 Å². The molecule has 0 radical (unpaired) electrons. The van der Waals surface area contributed by atoms with Crippen LogP contribution in [0.5, 0.6) is 0 Å². The Hall–Kier alpha value is -2.82. The van der Waals surface area contributed by atoms with Crippen molar-refractivity contribution in [3.8, 4) is 0 Å². The van der Waals surface area contributed by atoms with E-state index in [0.29, 0.717) is 24.8 Å². The van der Waals surface area contributed by atoms with Gasteiger partial charge in [-0.2, -0.15) is 0 Å². The second-order valence-corrected chi connectivity index (χ2v) is 8.26. The molecular formula is C24H31N3O2. The molecule has 3 amide bonds. The first-order valence-electron chi connectivity index (χ1n) is 10.4. The van der Waals surface area contributed by atoms with Gasteiger partial charge >= 0.3 is 6.03 Å². The van der Waals surface area contributed by atoms with Gasteiger partial charge < -0.3 is 15.5 Å². The number of carbonyl (C=O) groups is 2. The molecule has 1 heterocycles. The molecular weight excluding hydrogens is 362 g/mol. The lowest BCUT2D eigenvalue weighted by atomic mass is 9.93. The van der Waals surface area contributed by atoms with E-state index < -0.39 is 6.04 Å². The predicted molar refractivity (Wildman–Crippen MR) is 118 cm³/mol. The third-order valence-electron chi connectivity index (χ3n) is 5.46. The van der Waals surface area contributed by atoms with Crippen molar-refractivity contribution in [2.45, 2.75) is 58.4 Å². The molecule has 5 heteroatoms. The van der Waals surface area contributed by atoms with Gasteiger partial charge in [0.15, 0.2) is 0 Å². The number of nitrogens with zero attached hydrogens (tertiary/aromatic N) is 1. The van der Waals surface area contributed by atoms with Gasteiger partial charge in [-0.1, -0.05) is 64.1 Å². The Labute approximate surface area is 173 Å². The van der Waals surface area contributed by atoms with E-state index in [-0.39, 0.29) is 11.9 Å². The van der Waals surface area contributed by atoms with Gasteiger partial charge in [0.05, 0.1) is 0 Å². The van der Waals surface area contributed by atoms with Gasteiger partial charge in [-0.15, -0.1) is 0 Å². The number of nitrogens with one attached hydrogen (secondary N) is 2.